The number of carbonyl (C=O) groups excluding carboxylic acids is 1. The molecule has 2 rings (SSSR count). The average molecular weight is 275 g/mol. The fourth-order valence-electron chi connectivity index (χ4n) is 2.99. The van der Waals surface area contributed by atoms with Crippen molar-refractivity contribution < 1.29 is 9.53 Å². The van der Waals surface area contributed by atoms with E-state index in [9.17, 15) is 4.79 Å². The van der Waals surface area contributed by atoms with Gasteiger partial charge in [0.2, 0.25) is 5.91 Å². The minimum Gasteiger partial charge on any atom is -0.497 e. The van der Waals surface area contributed by atoms with Gasteiger partial charge in [0.1, 0.15) is 5.75 Å². The Morgan fingerprint density at radius 2 is 2.15 bits per heavy atom. The first-order valence-electron chi connectivity index (χ1n) is 7.61. The van der Waals surface area contributed by atoms with Gasteiger partial charge in [-0.1, -0.05) is 31.9 Å². The molecule has 1 fully saturated rings. The van der Waals surface area contributed by atoms with Crippen LogP contribution in [0.4, 0.5) is 0 Å². The van der Waals surface area contributed by atoms with Crippen molar-refractivity contribution in [1.29, 1.82) is 0 Å². The quantitative estimate of drug-likeness (QED) is 0.866. The summed E-state index contributed by atoms with van der Waals surface area (Å²) in [5, 5.41) is 3.07. The van der Waals surface area contributed by atoms with E-state index in [4.69, 9.17) is 4.74 Å². The molecule has 1 aromatic rings. The van der Waals surface area contributed by atoms with E-state index in [1.165, 1.54) is 31.2 Å². The van der Waals surface area contributed by atoms with E-state index >= 15 is 0 Å². The molecule has 110 valence electrons. The zero-order valence-electron chi connectivity index (χ0n) is 12.5. The molecule has 1 aromatic carbocycles. The van der Waals surface area contributed by atoms with E-state index in [1.807, 2.05) is 18.2 Å². The lowest BCUT2D eigenvalue weighted by Crippen LogP contribution is -2.33. The highest BCUT2D eigenvalue weighted by Crippen LogP contribution is 2.31. The first-order chi connectivity index (χ1) is 9.70. The Morgan fingerprint density at radius 3 is 2.85 bits per heavy atom. The lowest BCUT2D eigenvalue weighted by Gasteiger charge is -2.18. The summed E-state index contributed by atoms with van der Waals surface area (Å²) in [5.41, 5.74) is 1.19. The molecule has 0 aliphatic heterocycles. The molecule has 0 radical (unpaired) electrons. The van der Waals surface area contributed by atoms with Gasteiger partial charge in [-0.25, -0.2) is 0 Å². The number of hydrogen-bond donors (Lipinski definition) is 1. The Labute approximate surface area is 121 Å². The second kappa shape index (κ2) is 7.32. The highest BCUT2D eigenvalue weighted by molar-refractivity contribution is 5.78. The third kappa shape index (κ3) is 3.99. The van der Waals surface area contributed by atoms with Crippen LogP contribution in [0.2, 0.25) is 0 Å². The van der Waals surface area contributed by atoms with Crippen LogP contribution in [0, 0.1) is 11.8 Å². The first-order valence-corrected chi connectivity index (χ1v) is 7.61. The average Bonchev–Trinajstić information content (AvgIpc) is 3.00. The van der Waals surface area contributed by atoms with Crippen LogP contribution in [-0.2, 0) is 11.2 Å². The van der Waals surface area contributed by atoms with Crippen molar-refractivity contribution >= 4 is 5.91 Å². The summed E-state index contributed by atoms with van der Waals surface area (Å²) in [4.78, 5) is 12.1. The molecular weight excluding hydrogens is 250 g/mol. The lowest BCUT2D eigenvalue weighted by molar-refractivity contribution is -0.125. The topological polar surface area (TPSA) is 38.3 Å². The summed E-state index contributed by atoms with van der Waals surface area (Å²) < 4.78 is 5.20. The highest BCUT2D eigenvalue weighted by Gasteiger charge is 2.26. The number of hydrogen-bond acceptors (Lipinski definition) is 2. The zero-order chi connectivity index (χ0) is 14.4. The van der Waals surface area contributed by atoms with Gasteiger partial charge in [0.15, 0.2) is 0 Å². The van der Waals surface area contributed by atoms with E-state index in [1.54, 1.807) is 7.11 Å². The lowest BCUT2D eigenvalue weighted by atomic mass is 9.92. The number of rotatable bonds is 6. The van der Waals surface area contributed by atoms with Crippen molar-refractivity contribution in [3.63, 3.8) is 0 Å². The van der Waals surface area contributed by atoms with Crippen molar-refractivity contribution in [2.45, 2.75) is 39.0 Å². The van der Waals surface area contributed by atoms with E-state index in [-0.39, 0.29) is 11.8 Å². The molecule has 1 saturated carbocycles. The summed E-state index contributed by atoms with van der Waals surface area (Å²) in [5.74, 6) is 1.82. The van der Waals surface area contributed by atoms with Crippen molar-refractivity contribution in [3.8, 4) is 5.75 Å². The van der Waals surface area contributed by atoms with Crippen LogP contribution >= 0.6 is 0 Å². The van der Waals surface area contributed by atoms with Gasteiger partial charge in [-0.05, 0) is 42.9 Å². The number of benzene rings is 1. The molecule has 1 aliphatic rings. The van der Waals surface area contributed by atoms with Crippen LogP contribution in [-0.4, -0.2) is 19.6 Å². The van der Waals surface area contributed by atoms with E-state index in [0.29, 0.717) is 12.5 Å². The molecule has 1 unspecified atom stereocenters. The molecule has 1 atom stereocenters. The van der Waals surface area contributed by atoms with Crippen molar-refractivity contribution in [1.82, 2.24) is 5.32 Å². The second-order valence-electron chi connectivity index (χ2n) is 5.73. The summed E-state index contributed by atoms with van der Waals surface area (Å²) in [6, 6.07) is 8.00. The molecule has 0 saturated heterocycles. The van der Waals surface area contributed by atoms with Crippen LogP contribution in [0.25, 0.3) is 0 Å². The van der Waals surface area contributed by atoms with Gasteiger partial charge in [-0.15, -0.1) is 0 Å². The maximum atomic E-state index is 12.1. The van der Waals surface area contributed by atoms with Crippen LogP contribution in [0.1, 0.15) is 38.2 Å². The molecular formula is C17H25NO2. The number of ether oxygens (including phenoxy) is 1. The number of amides is 1. The Kier molecular flexibility index (Phi) is 5.45. The number of nitrogens with one attached hydrogen (secondary N) is 1. The fourth-order valence-corrected chi connectivity index (χ4v) is 2.99. The fraction of sp³-hybridized carbons (Fsp3) is 0.588. The molecule has 1 amide bonds. The Hall–Kier alpha value is -1.51. The van der Waals surface area contributed by atoms with Crippen LogP contribution < -0.4 is 10.1 Å². The third-order valence-electron chi connectivity index (χ3n) is 4.37. The van der Waals surface area contributed by atoms with Crippen LogP contribution in [0.3, 0.4) is 0 Å². The van der Waals surface area contributed by atoms with Crippen molar-refractivity contribution in [2.75, 3.05) is 13.7 Å². The first kappa shape index (κ1) is 14.9. The predicted molar refractivity (Wildman–Crippen MR) is 80.8 cm³/mol. The van der Waals surface area contributed by atoms with E-state index in [2.05, 4.69) is 18.3 Å². The van der Waals surface area contributed by atoms with Gasteiger partial charge in [0.25, 0.3) is 0 Å². The Balaban J connectivity index is 1.75. The minimum absolute atomic E-state index is 0.155. The molecule has 0 heterocycles. The molecule has 20 heavy (non-hydrogen) atoms. The molecule has 0 bridgehead atoms. The number of carbonyl (C=O) groups is 1. The summed E-state index contributed by atoms with van der Waals surface area (Å²) in [6.45, 7) is 2.76. The standard InChI is InChI=1S/C17H25NO2/c1-13(15-7-3-4-8-15)17(19)18-11-10-14-6-5-9-16(12-14)20-2/h5-6,9,12-13,15H,3-4,7-8,10-11H2,1-2H3,(H,18,19). The van der Waals surface area contributed by atoms with Crippen LogP contribution in [0.15, 0.2) is 24.3 Å². The molecule has 0 aromatic heterocycles. The number of methoxy groups -OCH3 is 1. The smallest absolute Gasteiger partial charge is 0.223 e. The van der Waals surface area contributed by atoms with Gasteiger partial charge >= 0.3 is 0 Å². The molecule has 3 heteroatoms. The SMILES string of the molecule is COc1cccc(CCNC(=O)C(C)C2CCCC2)c1. The summed E-state index contributed by atoms with van der Waals surface area (Å²) in [6.07, 6.45) is 5.84. The van der Waals surface area contributed by atoms with Gasteiger partial charge in [-0.2, -0.15) is 0 Å². The minimum atomic E-state index is 0.155. The third-order valence-corrected chi connectivity index (χ3v) is 4.37. The van der Waals surface area contributed by atoms with Gasteiger partial charge < -0.3 is 10.1 Å². The summed E-state index contributed by atoms with van der Waals surface area (Å²) in [7, 11) is 1.67. The van der Waals surface area contributed by atoms with Crippen LogP contribution in [0.5, 0.6) is 5.75 Å². The zero-order valence-corrected chi connectivity index (χ0v) is 12.5. The van der Waals surface area contributed by atoms with Crippen molar-refractivity contribution in [2.24, 2.45) is 11.8 Å². The molecule has 3 nitrogen and oxygen atoms in total. The summed E-state index contributed by atoms with van der Waals surface area (Å²) >= 11 is 0. The monoisotopic (exact) mass is 275 g/mol. The highest BCUT2D eigenvalue weighted by atomic mass is 16.5. The maximum Gasteiger partial charge on any atom is 0.223 e. The Bertz CT molecular complexity index is 438. The normalized spacial score (nSPS) is 16.9. The molecule has 0 spiro atoms. The van der Waals surface area contributed by atoms with E-state index in [0.717, 1.165) is 12.2 Å². The van der Waals surface area contributed by atoms with E-state index < -0.39 is 0 Å². The maximum absolute atomic E-state index is 12.1. The van der Waals surface area contributed by atoms with Gasteiger partial charge in [-0.3, -0.25) is 4.79 Å². The molecule has 1 N–H and O–H groups in total. The van der Waals surface area contributed by atoms with Gasteiger partial charge in [0, 0.05) is 12.5 Å². The predicted octanol–water partition coefficient (Wildman–Crippen LogP) is 3.18. The van der Waals surface area contributed by atoms with Crippen molar-refractivity contribution in [3.05, 3.63) is 29.8 Å². The molecule has 1 aliphatic carbocycles. The second-order valence-corrected chi connectivity index (χ2v) is 5.73. The Morgan fingerprint density at radius 1 is 1.40 bits per heavy atom. The largest absolute Gasteiger partial charge is 0.497 e. The van der Waals surface area contributed by atoms with Gasteiger partial charge in [0.05, 0.1) is 7.11 Å².